The molecule has 0 bridgehead atoms. The average Bonchev–Trinajstić information content (AvgIpc) is 2.36. The van der Waals surface area contributed by atoms with E-state index < -0.39 is 5.60 Å². The van der Waals surface area contributed by atoms with Crippen molar-refractivity contribution < 1.29 is 9.90 Å². The number of nitrogens with zero attached hydrogens (tertiary/aromatic N) is 2. The summed E-state index contributed by atoms with van der Waals surface area (Å²) in [5.41, 5.74) is 2.41. The molecule has 0 atom stereocenters. The Morgan fingerprint density at radius 2 is 2.19 bits per heavy atom. The molecule has 2 amide bonds. The summed E-state index contributed by atoms with van der Waals surface area (Å²) in [6, 6.07) is 5.82. The molecule has 0 aliphatic carbocycles. The van der Waals surface area contributed by atoms with Crippen LogP contribution in [0.1, 0.15) is 25.8 Å². The van der Waals surface area contributed by atoms with Gasteiger partial charge in [-0.25, -0.2) is 4.79 Å². The topological polar surface area (TPSA) is 55.8 Å². The van der Waals surface area contributed by atoms with Crippen LogP contribution in [0.3, 0.4) is 0 Å². The predicted molar refractivity (Wildman–Crippen MR) is 86.0 cm³/mol. The molecule has 2 rings (SSSR count). The van der Waals surface area contributed by atoms with Crippen LogP contribution in [-0.2, 0) is 6.42 Å². The molecule has 1 aromatic carbocycles. The number of likely N-dealkylation sites (N-methyl/N-ethyl adjacent to an activating group) is 1. The Bertz CT molecular complexity index is 523. The van der Waals surface area contributed by atoms with E-state index in [1.54, 1.807) is 20.9 Å². The Balaban J connectivity index is 2.05. The van der Waals surface area contributed by atoms with Gasteiger partial charge in [0, 0.05) is 32.0 Å². The quantitative estimate of drug-likeness (QED) is 0.898. The summed E-state index contributed by atoms with van der Waals surface area (Å²) in [7, 11) is 3.77. The molecule has 5 nitrogen and oxygen atoms in total. The third kappa shape index (κ3) is 4.11. The van der Waals surface area contributed by atoms with E-state index in [4.69, 9.17) is 0 Å². The van der Waals surface area contributed by atoms with Crippen molar-refractivity contribution in [3.05, 3.63) is 23.8 Å². The number of hydrogen-bond acceptors (Lipinski definition) is 3. The van der Waals surface area contributed by atoms with Crippen molar-refractivity contribution in [1.82, 2.24) is 4.90 Å². The highest BCUT2D eigenvalue weighted by atomic mass is 16.3. The van der Waals surface area contributed by atoms with Gasteiger partial charge in [0.25, 0.3) is 0 Å². The summed E-state index contributed by atoms with van der Waals surface area (Å²) < 4.78 is 0. The highest BCUT2D eigenvalue weighted by Gasteiger charge is 2.20. The van der Waals surface area contributed by atoms with Crippen LogP contribution >= 0.6 is 0 Å². The number of benzene rings is 1. The number of hydrogen-bond donors (Lipinski definition) is 2. The van der Waals surface area contributed by atoms with Crippen LogP contribution < -0.4 is 10.2 Å². The van der Waals surface area contributed by atoms with Gasteiger partial charge in [-0.3, -0.25) is 0 Å². The molecule has 5 heteroatoms. The maximum absolute atomic E-state index is 12.1. The van der Waals surface area contributed by atoms with Gasteiger partial charge in [0.1, 0.15) is 0 Å². The van der Waals surface area contributed by atoms with Gasteiger partial charge in [0.15, 0.2) is 0 Å². The minimum absolute atomic E-state index is 0.207. The minimum Gasteiger partial charge on any atom is -0.389 e. The van der Waals surface area contributed by atoms with Gasteiger partial charge in [-0.2, -0.15) is 0 Å². The monoisotopic (exact) mass is 291 g/mol. The van der Waals surface area contributed by atoms with Crippen molar-refractivity contribution in [2.75, 3.05) is 37.4 Å². The third-order valence-electron chi connectivity index (χ3n) is 3.65. The van der Waals surface area contributed by atoms with Crippen molar-refractivity contribution in [1.29, 1.82) is 0 Å². The molecular formula is C16H25N3O2. The van der Waals surface area contributed by atoms with Crippen molar-refractivity contribution in [2.24, 2.45) is 0 Å². The lowest BCUT2D eigenvalue weighted by atomic mass is 10.0. The van der Waals surface area contributed by atoms with E-state index in [1.165, 1.54) is 16.2 Å². The molecule has 2 N–H and O–H groups in total. The maximum atomic E-state index is 12.1. The number of amides is 2. The van der Waals surface area contributed by atoms with Crippen LogP contribution in [0.5, 0.6) is 0 Å². The molecular weight excluding hydrogens is 266 g/mol. The maximum Gasteiger partial charge on any atom is 0.321 e. The van der Waals surface area contributed by atoms with Crippen LogP contribution in [0.15, 0.2) is 18.2 Å². The molecule has 1 aliphatic rings. The van der Waals surface area contributed by atoms with Crippen LogP contribution in [0.2, 0.25) is 0 Å². The Labute approximate surface area is 126 Å². The van der Waals surface area contributed by atoms with Gasteiger partial charge in [0.2, 0.25) is 0 Å². The number of anilines is 2. The molecule has 0 saturated carbocycles. The van der Waals surface area contributed by atoms with E-state index in [1.807, 2.05) is 12.1 Å². The predicted octanol–water partition coefficient (Wildman–Crippen LogP) is 2.30. The Hall–Kier alpha value is -1.75. The van der Waals surface area contributed by atoms with Crippen molar-refractivity contribution in [2.45, 2.75) is 32.3 Å². The van der Waals surface area contributed by atoms with Gasteiger partial charge in [-0.1, -0.05) is 0 Å². The van der Waals surface area contributed by atoms with E-state index in [2.05, 4.69) is 23.3 Å². The first-order valence-electron chi connectivity index (χ1n) is 7.35. The van der Waals surface area contributed by atoms with Crippen molar-refractivity contribution in [3.63, 3.8) is 0 Å². The zero-order valence-corrected chi connectivity index (χ0v) is 13.3. The number of fused-ring (bicyclic) bond motifs is 1. The smallest absolute Gasteiger partial charge is 0.321 e. The lowest BCUT2D eigenvalue weighted by Gasteiger charge is -2.28. The molecule has 116 valence electrons. The molecule has 1 aliphatic heterocycles. The van der Waals surface area contributed by atoms with E-state index in [-0.39, 0.29) is 12.6 Å². The average molecular weight is 291 g/mol. The fourth-order valence-corrected chi connectivity index (χ4v) is 2.73. The lowest BCUT2D eigenvalue weighted by Crippen LogP contribution is -2.41. The first kappa shape index (κ1) is 15.6. The molecule has 0 spiro atoms. The van der Waals surface area contributed by atoms with Gasteiger partial charge >= 0.3 is 6.03 Å². The number of carbonyl (C=O) groups is 1. The molecule has 0 unspecified atom stereocenters. The highest BCUT2D eigenvalue weighted by molar-refractivity contribution is 5.89. The number of urea groups is 1. The zero-order valence-electron chi connectivity index (χ0n) is 13.3. The number of carbonyl (C=O) groups excluding carboxylic acids is 1. The van der Waals surface area contributed by atoms with Crippen LogP contribution in [0.25, 0.3) is 0 Å². The zero-order chi connectivity index (χ0) is 15.6. The molecule has 0 saturated heterocycles. The fraction of sp³-hybridized carbons (Fsp3) is 0.562. The summed E-state index contributed by atoms with van der Waals surface area (Å²) >= 11 is 0. The van der Waals surface area contributed by atoms with Crippen LogP contribution in [0, 0.1) is 0 Å². The second-order valence-electron chi connectivity index (χ2n) is 6.47. The Morgan fingerprint density at radius 3 is 2.86 bits per heavy atom. The largest absolute Gasteiger partial charge is 0.389 e. The summed E-state index contributed by atoms with van der Waals surface area (Å²) in [4.78, 5) is 15.8. The van der Waals surface area contributed by atoms with Crippen molar-refractivity contribution >= 4 is 17.4 Å². The minimum atomic E-state index is -0.898. The SMILES string of the molecule is CN(CC(C)(C)O)C(=O)Nc1ccc2c(c1)CCCN2C. The van der Waals surface area contributed by atoms with Gasteiger partial charge in [0.05, 0.1) is 12.1 Å². The summed E-state index contributed by atoms with van der Waals surface area (Å²) in [6.07, 6.45) is 2.18. The number of nitrogens with one attached hydrogen (secondary N) is 1. The van der Waals surface area contributed by atoms with Crippen LogP contribution in [0.4, 0.5) is 16.2 Å². The summed E-state index contributed by atoms with van der Waals surface area (Å²) in [5.74, 6) is 0. The van der Waals surface area contributed by atoms with E-state index in [0.717, 1.165) is 25.1 Å². The standard InChI is InChI=1S/C16H25N3O2/c1-16(2,21)11-19(4)15(20)17-13-7-8-14-12(10-13)6-5-9-18(14)3/h7-8,10,21H,5-6,9,11H2,1-4H3,(H,17,20). The second-order valence-corrected chi connectivity index (χ2v) is 6.47. The fourth-order valence-electron chi connectivity index (χ4n) is 2.73. The summed E-state index contributed by atoms with van der Waals surface area (Å²) in [6.45, 7) is 4.73. The number of aryl methyl sites for hydroxylation is 1. The van der Waals surface area contributed by atoms with Gasteiger partial charge < -0.3 is 20.2 Å². The molecule has 0 fully saturated rings. The van der Waals surface area contributed by atoms with Crippen molar-refractivity contribution in [3.8, 4) is 0 Å². The molecule has 0 aromatic heterocycles. The summed E-state index contributed by atoms with van der Waals surface area (Å²) in [5, 5.41) is 12.6. The van der Waals surface area contributed by atoms with Crippen LogP contribution in [-0.4, -0.2) is 48.8 Å². The first-order chi connectivity index (χ1) is 9.76. The van der Waals surface area contributed by atoms with E-state index in [9.17, 15) is 9.90 Å². The Kier molecular flexibility index (Phi) is 4.42. The first-order valence-corrected chi connectivity index (χ1v) is 7.35. The van der Waals surface area contributed by atoms with Gasteiger partial charge in [-0.15, -0.1) is 0 Å². The highest BCUT2D eigenvalue weighted by Crippen LogP contribution is 2.28. The third-order valence-corrected chi connectivity index (χ3v) is 3.65. The van der Waals surface area contributed by atoms with E-state index in [0.29, 0.717) is 0 Å². The number of aliphatic hydroxyl groups is 1. The normalized spacial score (nSPS) is 14.6. The number of rotatable bonds is 3. The Morgan fingerprint density at radius 1 is 1.48 bits per heavy atom. The molecule has 1 heterocycles. The lowest BCUT2D eigenvalue weighted by molar-refractivity contribution is 0.0550. The molecule has 21 heavy (non-hydrogen) atoms. The van der Waals surface area contributed by atoms with E-state index >= 15 is 0 Å². The van der Waals surface area contributed by atoms with Gasteiger partial charge in [-0.05, 0) is 50.5 Å². The molecule has 1 aromatic rings. The molecule has 0 radical (unpaired) electrons. The second kappa shape index (κ2) is 5.93.